The summed E-state index contributed by atoms with van der Waals surface area (Å²) < 4.78 is 23.1. The molecule has 6 heteroatoms. The molecule has 0 saturated heterocycles. The Hall–Kier alpha value is -4.00. The van der Waals surface area contributed by atoms with Crippen molar-refractivity contribution >= 4 is 0 Å². The summed E-state index contributed by atoms with van der Waals surface area (Å²) in [6, 6.07) is 28.9. The quantitative estimate of drug-likeness (QED) is 0.307. The van der Waals surface area contributed by atoms with Gasteiger partial charge in [0.15, 0.2) is 23.0 Å². The minimum Gasteiger partial charge on any atom is -0.454 e. The fourth-order valence-electron chi connectivity index (χ4n) is 9.32. The number of aliphatic hydroxyl groups excluding tert-OH is 1. The smallest absolute Gasteiger partial charge is 0.231 e. The van der Waals surface area contributed by atoms with E-state index >= 15 is 0 Å². The van der Waals surface area contributed by atoms with Crippen LogP contribution in [0.2, 0.25) is 0 Å². The molecule has 4 aromatic rings. The second-order valence-corrected chi connectivity index (χ2v) is 12.4. The van der Waals surface area contributed by atoms with Gasteiger partial charge in [-0.15, -0.1) is 0 Å². The first-order chi connectivity index (χ1) is 20.6. The minimum atomic E-state index is -1.28. The summed E-state index contributed by atoms with van der Waals surface area (Å²) in [7, 11) is 0. The Balaban J connectivity index is 1.35. The molecule has 0 radical (unpaired) electrons. The molecule has 0 bridgehead atoms. The van der Waals surface area contributed by atoms with Crippen molar-refractivity contribution in [3.05, 3.63) is 118 Å². The summed E-state index contributed by atoms with van der Waals surface area (Å²) in [4.78, 5) is 0. The van der Waals surface area contributed by atoms with Crippen LogP contribution in [0.25, 0.3) is 0 Å². The van der Waals surface area contributed by atoms with Crippen LogP contribution in [0.5, 0.6) is 23.0 Å². The van der Waals surface area contributed by atoms with Crippen LogP contribution < -0.4 is 18.9 Å². The van der Waals surface area contributed by atoms with E-state index in [2.05, 4.69) is 48.5 Å². The molecule has 212 valence electrons. The Morgan fingerprint density at radius 1 is 0.667 bits per heavy atom. The Morgan fingerprint density at radius 3 is 2.10 bits per heavy atom. The first-order valence-electron chi connectivity index (χ1n) is 15.0. The summed E-state index contributed by atoms with van der Waals surface area (Å²) in [6.45, 7) is 0.394. The molecule has 2 heterocycles. The van der Waals surface area contributed by atoms with Crippen LogP contribution in [0.3, 0.4) is 0 Å². The normalized spacial score (nSPS) is 31.5. The maximum absolute atomic E-state index is 13.6. The van der Waals surface area contributed by atoms with Crippen LogP contribution in [0.1, 0.15) is 64.2 Å². The SMILES string of the molecule is OC1c2ccccc2CC[C@@]12[C@H](c1ccc3c(c1)OCO3)[C@@H](c1ccc3c(c1)OCO3)[C@@H]1CCc3ccccc3[C@@]12O. The molecule has 1 unspecified atom stereocenters. The molecule has 1 saturated carbocycles. The van der Waals surface area contributed by atoms with Crippen molar-refractivity contribution in [2.45, 2.75) is 49.2 Å². The van der Waals surface area contributed by atoms with Crippen molar-refractivity contribution in [3.63, 3.8) is 0 Å². The monoisotopic (exact) mass is 560 g/mol. The number of ether oxygens (including phenoxy) is 4. The van der Waals surface area contributed by atoms with Gasteiger partial charge in [-0.3, -0.25) is 0 Å². The Morgan fingerprint density at radius 2 is 1.31 bits per heavy atom. The number of hydrogen-bond acceptors (Lipinski definition) is 6. The van der Waals surface area contributed by atoms with E-state index in [0.717, 1.165) is 69.9 Å². The van der Waals surface area contributed by atoms with E-state index in [1.165, 1.54) is 0 Å². The van der Waals surface area contributed by atoms with Crippen LogP contribution in [-0.4, -0.2) is 23.8 Å². The largest absolute Gasteiger partial charge is 0.454 e. The van der Waals surface area contributed by atoms with Crippen molar-refractivity contribution < 1.29 is 29.2 Å². The first-order valence-corrected chi connectivity index (χ1v) is 15.0. The standard InChI is InChI=1S/C36H32O6/c37-34-25-7-3-1-5-21(25)15-16-35(34)33(24-11-14-29-31(18-24)42-20-40-29)32(23-10-13-28-30(17-23)41-19-39-28)27-12-9-22-6-2-4-8-26(22)36(27,35)38/h1-8,10-11,13-14,17-18,27,32-34,37-38H,9,12,15-16,19-20H2/t27-,32-,33+,34?,35+,36+/m0/s1. The van der Waals surface area contributed by atoms with E-state index in [-0.39, 0.29) is 31.3 Å². The van der Waals surface area contributed by atoms with E-state index in [9.17, 15) is 10.2 Å². The Labute approximate surface area is 244 Å². The lowest BCUT2D eigenvalue weighted by Gasteiger charge is -2.54. The summed E-state index contributed by atoms with van der Waals surface area (Å²) >= 11 is 0. The highest BCUT2D eigenvalue weighted by Gasteiger charge is 2.73. The maximum atomic E-state index is 13.6. The van der Waals surface area contributed by atoms with Gasteiger partial charge < -0.3 is 29.2 Å². The lowest BCUT2D eigenvalue weighted by atomic mass is 9.53. The van der Waals surface area contributed by atoms with E-state index in [1.54, 1.807) is 0 Å². The van der Waals surface area contributed by atoms with Gasteiger partial charge in [-0.05, 0) is 89.2 Å². The van der Waals surface area contributed by atoms with Crippen LogP contribution >= 0.6 is 0 Å². The summed E-state index contributed by atoms with van der Waals surface area (Å²) in [6.07, 6.45) is 2.23. The molecule has 5 aliphatic rings. The molecular formula is C36H32O6. The predicted octanol–water partition coefficient (Wildman–Crippen LogP) is 6.14. The highest BCUT2D eigenvalue weighted by Crippen LogP contribution is 2.76. The van der Waals surface area contributed by atoms with Gasteiger partial charge in [0.25, 0.3) is 0 Å². The van der Waals surface area contributed by atoms with Gasteiger partial charge in [0, 0.05) is 17.3 Å². The Kier molecular flexibility index (Phi) is 5.13. The zero-order valence-corrected chi connectivity index (χ0v) is 23.2. The van der Waals surface area contributed by atoms with Crippen LogP contribution in [0.4, 0.5) is 0 Å². The highest BCUT2D eigenvalue weighted by molar-refractivity contribution is 5.55. The van der Waals surface area contributed by atoms with Gasteiger partial charge in [-0.25, -0.2) is 0 Å². The molecule has 6 nitrogen and oxygen atoms in total. The van der Waals surface area contributed by atoms with E-state index in [1.807, 2.05) is 36.4 Å². The van der Waals surface area contributed by atoms with Crippen LogP contribution in [0.15, 0.2) is 84.9 Å². The lowest BCUT2D eigenvalue weighted by Crippen LogP contribution is -2.54. The molecule has 2 N–H and O–H groups in total. The highest BCUT2D eigenvalue weighted by atomic mass is 16.7. The molecule has 0 amide bonds. The molecule has 3 aliphatic carbocycles. The van der Waals surface area contributed by atoms with Gasteiger partial charge in [0.1, 0.15) is 5.60 Å². The number of rotatable bonds is 2. The maximum Gasteiger partial charge on any atom is 0.231 e. The first kappa shape index (κ1) is 24.6. The number of fused-ring (bicyclic) bond motifs is 7. The van der Waals surface area contributed by atoms with Gasteiger partial charge in [0.2, 0.25) is 13.6 Å². The molecule has 9 rings (SSSR count). The lowest BCUT2D eigenvalue weighted by molar-refractivity contribution is -0.171. The van der Waals surface area contributed by atoms with Gasteiger partial charge in [0.05, 0.1) is 6.10 Å². The van der Waals surface area contributed by atoms with Gasteiger partial charge in [-0.1, -0.05) is 60.7 Å². The molecule has 1 spiro atoms. The second-order valence-electron chi connectivity index (χ2n) is 12.4. The third-order valence-electron chi connectivity index (χ3n) is 10.9. The van der Waals surface area contributed by atoms with E-state index in [4.69, 9.17) is 18.9 Å². The average molecular weight is 561 g/mol. The molecule has 2 aliphatic heterocycles. The number of hydrogen-bond donors (Lipinski definition) is 2. The van der Waals surface area contributed by atoms with Gasteiger partial charge in [-0.2, -0.15) is 0 Å². The van der Waals surface area contributed by atoms with Crippen molar-refractivity contribution in [2.75, 3.05) is 13.6 Å². The third kappa shape index (κ3) is 3.06. The molecule has 42 heavy (non-hydrogen) atoms. The second kappa shape index (κ2) is 8.76. The van der Waals surface area contributed by atoms with E-state index < -0.39 is 17.1 Å². The van der Waals surface area contributed by atoms with Crippen LogP contribution in [0, 0.1) is 11.3 Å². The minimum absolute atomic E-state index is 0.0989. The number of aryl methyl sites for hydroxylation is 2. The van der Waals surface area contributed by atoms with Crippen molar-refractivity contribution in [1.29, 1.82) is 0 Å². The molecular weight excluding hydrogens is 528 g/mol. The van der Waals surface area contributed by atoms with Crippen LogP contribution in [-0.2, 0) is 18.4 Å². The fraction of sp³-hybridized carbons (Fsp3) is 0.333. The summed E-state index contributed by atoms with van der Waals surface area (Å²) in [5.74, 6) is 2.44. The molecule has 0 aromatic heterocycles. The van der Waals surface area contributed by atoms with Crippen molar-refractivity contribution in [1.82, 2.24) is 0 Å². The number of aliphatic hydroxyl groups is 2. The Bertz CT molecular complexity index is 1730. The zero-order valence-electron chi connectivity index (χ0n) is 23.2. The topological polar surface area (TPSA) is 77.4 Å². The fourth-order valence-corrected chi connectivity index (χ4v) is 9.32. The zero-order chi connectivity index (χ0) is 28.1. The predicted molar refractivity (Wildman–Crippen MR) is 155 cm³/mol. The summed E-state index contributed by atoms with van der Waals surface area (Å²) in [5, 5.41) is 26.3. The van der Waals surface area contributed by atoms with Gasteiger partial charge >= 0.3 is 0 Å². The average Bonchev–Trinajstić information content (AvgIpc) is 3.74. The van der Waals surface area contributed by atoms with Crippen molar-refractivity contribution in [2.24, 2.45) is 11.3 Å². The molecule has 1 fully saturated rings. The molecule has 6 atom stereocenters. The number of benzene rings is 4. The van der Waals surface area contributed by atoms with Crippen molar-refractivity contribution in [3.8, 4) is 23.0 Å². The molecule has 4 aromatic carbocycles. The third-order valence-corrected chi connectivity index (χ3v) is 10.9. The van der Waals surface area contributed by atoms with E-state index in [0.29, 0.717) is 12.2 Å². The summed E-state index contributed by atoms with van der Waals surface area (Å²) in [5.41, 5.74) is 4.13.